The van der Waals surface area contributed by atoms with Crippen LogP contribution in [0.4, 0.5) is 0 Å². The Morgan fingerprint density at radius 1 is 1.26 bits per heavy atom. The van der Waals surface area contributed by atoms with Crippen molar-refractivity contribution in [3.63, 3.8) is 0 Å². The molecule has 0 aliphatic carbocycles. The zero-order valence-electron chi connectivity index (χ0n) is 15.6. The summed E-state index contributed by atoms with van der Waals surface area (Å²) >= 11 is 0. The van der Waals surface area contributed by atoms with E-state index in [-0.39, 0.29) is 12.5 Å². The Kier molecular flexibility index (Phi) is 5.69. The van der Waals surface area contributed by atoms with Gasteiger partial charge in [-0.15, -0.1) is 0 Å². The monoisotopic (exact) mass is 391 g/mol. The van der Waals surface area contributed by atoms with E-state index in [0.29, 0.717) is 26.1 Å². The minimum absolute atomic E-state index is 0.0418. The van der Waals surface area contributed by atoms with E-state index in [2.05, 4.69) is 6.07 Å². The van der Waals surface area contributed by atoms with Crippen molar-refractivity contribution in [3.05, 3.63) is 42.0 Å². The highest BCUT2D eigenvalue weighted by molar-refractivity contribution is 7.89. The number of hydrogen-bond acceptors (Lipinski definition) is 5. The van der Waals surface area contributed by atoms with Crippen molar-refractivity contribution in [3.8, 4) is 5.75 Å². The highest BCUT2D eigenvalue weighted by Gasteiger charge is 2.31. The minimum atomic E-state index is -3.54. The van der Waals surface area contributed by atoms with Gasteiger partial charge in [-0.05, 0) is 41.0 Å². The summed E-state index contributed by atoms with van der Waals surface area (Å²) in [6.07, 6.45) is 0.476. The Hall–Kier alpha value is -2.16. The predicted octanol–water partition coefficient (Wildman–Crippen LogP) is 1.17. The van der Waals surface area contributed by atoms with Crippen LogP contribution in [0.3, 0.4) is 0 Å². The molecule has 1 atom stereocenters. The van der Waals surface area contributed by atoms with Crippen molar-refractivity contribution >= 4 is 26.7 Å². The molecule has 2 aromatic rings. The number of amides is 1. The van der Waals surface area contributed by atoms with Gasteiger partial charge in [0.25, 0.3) is 0 Å². The van der Waals surface area contributed by atoms with Crippen molar-refractivity contribution in [1.29, 1.82) is 0 Å². The molecule has 1 aliphatic rings. The number of nitrogens with zero attached hydrogens (tertiary/aromatic N) is 2. The number of ether oxygens (including phenoxy) is 1. The van der Waals surface area contributed by atoms with E-state index in [1.807, 2.05) is 35.2 Å². The number of nitrogens with two attached hydrogens (primary N) is 1. The van der Waals surface area contributed by atoms with Crippen LogP contribution in [0.1, 0.15) is 12.0 Å². The van der Waals surface area contributed by atoms with E-state index in [4.69, 9.17) is 9.88 Å². The molecule has 1 amide bonds. The van der Waals surface area contributed by atoms with Gasteiger partial charge >= 0.3 is 0 Å². The normalized spacial score (nSPS) is 18.0. The molecular formula is C19H25N3O4S. The van der Waals surface area contributed by atoms with Gasteiger partial charge in [-0.1, -0.05) is 18.2 Å². The maximum Gasteiger partial charge on any atom is 0.236 e. The number of hydrogen-bond donors (Lipinski definition) is 1. The molecule has 1 heterocycles. The third kappa shape index (κ3) is 4.77. The Balaban J connectivity index is 1.60. The van der Waals surface area contributed by atoms with Crippen LogP contribution in [0.15, 0.2) is 36.4 Å². The Morgan fingerprint density at radius 2 is 1.96 bits per heavy atom. The highest BCUT2D eigenvalue weighted by atomic mass is 32.2. The van der Waals surface area contributed by atoms with E-state index in [0.717, 1.165) is 22.1 Å². The summed E-state index contributed by atoms with van der Waals surface area (Å²) in [6.45, 7) is 1.58. The van der Waals surface area contributed by atoms with Gasteiger partial charge in [-0.25, -0.2) is 13.6 Å². The van der Waals surface area contributed by atoms with Crippen LogP contribution in [0.2, 0.25) is 0 Å². The number of rotatable bonds is 6. The molecule has 2 aromatic carbocycles. The first-order valence-electron chi connectivity index (χ1n) is 8.81. The quantitative estimate of drug-likeness (QED) is 0.798. The van der Waals surface area contributed by atoms with Crippen LogP contribution >= 0.6 is 0 Å². The maximum absolute atomic E-state index is 12.5. The lowest BCUT2D eigenvalue weighted by molar-refractivity contribution is -0.131. The third-order valence-corrected chi connectivity index (χ3v) is 6.32. The second-order valence-corrected chi connectivity index (χ2v) is 8.88. The number of benzene rings is 2. The minimum Gasteiger partial charge on any atom is -0.497 e. The second kappa shape index (κ2) is 7.84. The first-order valence-corrected chi connectivity index (χ1v) is 10.4. The zero-order chi connectivity index (χ0) is 19.6. The first-order chi connectivity index (χ1) is 12.8. The van der Waals surface area contributed by atoms with Crippen molar-refractivity contribution in [2.45, 2.75) is 18.2 Å². The summed E-state index contributed by atoms with van der Waals surface area (Å²) < 4.78 is 28.1. The molecule has 0 spiro atoms. The summed E-state index contributed by atoms with van der Waals surface area (Å²) in [7, 11) is -0.143. The van der Waals surface area contributed by atoms with Crippen LogP contribution in [-0.2, 0) is 21.4 Å². The molecule has 7 nitrogen and oxygen atoms in total. The molecule has 0 radical (unpaired) electrons. The second-order valence-electron chi connectivity index (χ2n) is 7.03. The van der Waals surface area contributed by atoms with E-state index in [1.54, 1.807) is 19.1 Å². The number of likely N-dealkylation sites (tertiary alicyclic amines) is 1. The third-order valence-electron chi connectivity index (χ3n) is 5.01. The molecule has 27 heavy (non-hydrogen) atoms. The number of sulfonamides is 1. The SMILES string of the molecule is COc1ccc2cc(CN(C)C(=O)CN3CC[C@@H](S(N)(=O)=O)C3)ccc2c1. The van der Waals surface area contributed by atoms with E-state index < -0.39 is 15.3 Å². The molecule has 1 aliphatic heterocycles. The number of carbonyl (C=O) groups excluding carboxylic acids is 1. The summed E-state index contributed by atoms with van der Waals surface area (Å²) in [4.78, 5) is 16.0. The lowest BCUT2D eigenvalue weighted by Crippen LogP contribution is -2.38. The van der Waals surface area contributed by atoms with E-state index in [1.165, 1.54) is 0 Å². The van der Waals surface area contributed by atoms with Gasteiger partial charge in [0.2, 0.25) is 15.9 Å². The molecule has 0 unspecified atom stereocenters. The average Bonchev–Trinajstić information content (AvgIpc) is 3.10. The molecular weight excluding hydrogens is 366 g/mol. The number of fused-ring (bicyclic) bond motifs is 1. The van der Waals surface area contributed by atoms with E-state index >= 15 is 0 Å². The molecule has 1 saturated heterocycles. The molecule has 0 bridgehead atoms. The van der Waals surface area contributed by atoms with Gasteiger partial charge in [0.15, 0.2) is 0 Å². The summed E-state index contributed by atoms with van der Waals surface area (Å²) in [6, 6.07) is 12.0. The van der Waals surface area contributed by atoms with Gasteiger partial charge in [0, 0.05) is 26.7 Å². The number of carbonyl (C=O) groups is 1. The largest absolute Gasteiger partial charge is 0.497 e. The predicted molar refractivity (Wildman–Crippen MR) is 105 cm³/mol. The van der Waals surface area contributed by atoms with Crippen LogP contribution in [-0.4, -0.2) is 63.2 Å². The van der Waals surface area contributed by atoms with Gasteiger partial charge < -0.3 is 9.64 Å². The topological polar surface area (TPSA) is 92.9 Å². The van der Waals surface area contributed by atoms with Gasteiger partial charge in [-0.2, -0.15) is 0 Å². The van der Waals surface area contributed by atoms with Crippen molar-refractivity contribution in [1.82, 2.24) is 9.80 Å². The van der Waals surface area contributed by atoms with Crippen molar-refractivity contribution in [2.75, 3.05) is 33.8 Å². The van der Waals surface area contributed by atoms with Gasteiger partial charge in [0.05, 0.1) is 18.9 Å². The van der Waals surface area contributed by atoms with Crippen LogP contribution < -0.4 is 9.88 Å². The Morgan fingerprint density at radius 3 is 2.63 bits per heavy atom. The summed E-state index contributed by atoms with van der Waals surface area (Å²) in [5.41, 5.74) is 1.03. The molecule has 0 saturated carbocycles. The summed E-state index contributed by atoms with van der Waals surface area (Å²) in [5, 5.41) is 6.80. The van der Waals surface area contributed by atoms with Crippen molar-refractivity contribution in [2.24, 2.45) is 5.14 Å². The summed E-state index contributed by atoms with van der Waals surface area (Å²) in [5.74, 6) is 0.769. The molecule has 1 fully saturated rings. The zero-order valence-corrected chi connectivity index (χ0v) is 16.4. The molecule has 0 aromatic heterocycles. The number of methoxy groups -OCH3 is 1. The highest BCUT2D eigenvalue weighted by Crippen LogP contribution is 2.22. The number of primary sulfonamides is 1. The molecule has 3 rings (SSSR count). The fourth-order valence-electron chi connectivity index (χ4n) is 3.38. The molecule has 146 valence electrons. The van der Waals surface area contributed by atoms with Gasteiger partial charge in [0.1, 0.15) is 5.75 Å². The van der Waals surface area contributed by atoms with Crippen molar-refractivity contribution < 1.29 is 17.9 Å². The fourth-order valence-corrected chi connectivity index (χ4v) is 4.23. The fraction of sp³-hybridized carbons (Fsp3) is 0.421. The standard InChI is InChI=1S/C19H25N3O4S/c1-21(19(23)13-22-8-7-18(12-22)27(20,24)25)11-14-3-4-16-10-17(26-2)6-5-15(16)9-14/h3-6,9-10,18H,7-8,11-13H2,1-2H3,(H2,20,24,25)/t18-/m1/s1. The van der Waals surface area contributed by atoms with Gasteiger partial charge in [-0.3, -0.25) is 9.69 Å². The lowest BCUT2D eigenvalue weighted by atomic mass is 10.1. The van der Waals surface area contributed by atoms with Crippen LogP contribution in [0.5, 0.6) is 5.75 Å². The maximum atomic E-state index is 12.5. The molecule has 2 N–H and O–H groups in total. The number of likely N-dealkylation sites (N-methyl/N-ethyl adjacent to an activating group) is 1. The first kappa shape index (κ1) is 19.6. The Bertz CT molecular complexity index is 945. The lowest BCUT2D eigenvalue weighted by Gasteiger charge is -2.22. The van der Waals surface area contributed by atoms with Crippen LogP contribution in [0, 0.1) is 0 Å². The Labute approximate surface area is 159 Å². The van der Waals surface area contributed by atoms with E-state index in [9.17, 15) is 13.2 Å². The smallest absolute Gasteiger partial charge is 0.236 e. The molecule has 8 heteroatoms. The average molecular weight is 391 g/mol. The van der Waals surface area contributed by atoms with Crippen LogP contribution in [0.25, 0.3) is 10.8 Å².